The molecule has 1 amide bonds. The van der Waals surface area contributed by atoms with Crippen LogP contribution in [0.15, 0.2) is 12.4 Å². The molecule has 18 heavy (non-hydrogen) atoms. The summed E-state index contributed by atoms with van der Waals surface area (Å²) in [5.74, 6) is 2.22. The second kappa shape index (κ2) is 6.57. The first kappa shape index (κ1) is 13.1. The standard InChI is InChI=1S/C14H23N3O/c1-2-3-5-11-10-12(11)14(18)17-7-4-6-13-15-8-9-16-13/h8-9,11-12H,2-7,10H2,1H3,(H,15,16)(H,17,18)/t11-,12+/m1/s1. The number of aromatic nitrogens is 2. The monoisotopic (exact) mass is 249 g/mol. The van der Waals surface area contributed by atoms with Crippen LogP contribution in [0.1, 0.15) is 44.9 Å². The lowest BCUT2D eigenvalue weighted by atomic mass is 10.1. The fraction of sp³-hybridized carbons (Fsp3) is 0.714. The summed E-state index contributed by atoms with van der Waals surface area (Å²) in [5, 5.41) is 3.03. The fourth-order valence-corrected chi connectivity index (χ4v) is 2.39. The van der Waals surface area contributed by atoms with Crippen LogP contribution >= 0.6 is 0 Å². The van der Waals surface area contributed by atoms with Crippen molar-refractivity contribution in [1.29, 1.82) is 0 Å². The van der Waals surface area contributed by atoms with Crippen LogP contribution in [0.5, 0.6) is 0 Å². The zero-order valence-corrected chi connectivity index (χ0v) is 11.1. The van der Waals surface area contributed by atoms with Gasteiger partial charge in [-0.1, -0.05) is 19.8 Å². The Hall–Kier alpha value is -1.32. The van der Waals surface area contributed by atoms with Gasteiger partial charge in [0.15, 0.2) is 0 Å². The van der Waals surface area contributed by atoms with Crippen molar-refractivity contribution < 1.29 is 4.79 Å². The van der Waals surface area contributed by atoms with Crippen LogP contribution in [0, 0.1) is 11.8 Å². The molecule has 1 heterocycles. The van der Waals surface area contributed by atoms with E-state index in [-0.39, 0.29) is 5.91 Å². The summed E-state index contributed by atoms with van der Waals surface area (Å²) in [6.45, 7) is 2.96. The highest BCUT2D eigenvalue weighted by Gasteiger charge is 2.41. The van der Waals surface area contributed by atoms with E-state index in [1.165, 1.54) is 19.3 Å². The maximum absolute atomic E-state index is 11.8. The lowest BCUT2D eigenvalue weighted by Gasteiger charge is -2.04. The zero-order chi connectivity index (χ0) is 12.8. The van der Waals surface area contributed by atoms with Gasteiger partial charge in [-0.15, -0.1) is 0 Å². The van der Waals surface area contributed by atoms with Gasteiger partial charge < -0.3 is 10.3 Å². The smallest absolute Gasteiger partial charge is 0.223 e. The fourth-order valence-electron chi connectivity index (χ4n) is 2.39. The molecule has 4 nitrogen and oxygen atoms in total. The van der Waals surface area contributed by atoms with Crippen LogP contribution in [-0.4, -0.2) is 22.4 Å². The Kier molecular flexibility index (Phi) is 4.79. The van der Waals surface area contributed by atoms with Gasteiger partial charge in [0.05, 0.1) is 0 Å². The quantitative estimate of drug-likeness (QED) is 0.694. The van der Waals surface area contributed by atoms with Gasteiger partial charge in [-0.3, -0.25) is 4.79 Å². The van der Waals surface area contributed by atoms with Crippen LogP contribution in [0.4, 0.5) is 0 Å². The maximum Gasteiger partial charge on any atom is 0.223 e. The predicted octanol–water partition coefficient (Wildman–Crippen LogP) is 2.28. The van der Waals surface area contributed by atoms with Gasteiger partial charge in [-0.2, -0.15) is 0 Å². The van der Waals surface area contributed by atoms with E-state index in [9.17, 15) is 4.79 Å². The number of nitrogens with zero attached hydrogens (tertiary/aromatic N) is 1. The van der Waals surface area contributed by atoms with Crippen molar-refractivity contribution in [3.8, 4) is 0 Å². The van der Waals surface area contributed by atoms with E-state index in [4.69, 9.17) is 0 Å². The van der Waals surface area contributed by atoms with Crippen molar-refractivity contribution in [3.63, 3.8) is 0 Å². The van der Waals surface area contributed by atoms with Gasteiger partial charge >= 0.3 is 0 Å². The molecule has 1 aromatic rings. The van der Waals surface area contributed by atoms with Gasteiger partial charge in [-0.05, 0) is 25.2 Å². The SMILES string of the molecule is CCCC[C@@H]1C[C@@H]1C(=O)NCCCc1ncc[nH]1. The summed E-state index contributed by atoms with van der Waals surface area (Å²) in [4.78, 5) is 19.0. The number of carbonyl (C=O) groups is 1. The average Bonchev–Trinajstić information content (AvgIpc) is 2.97. The molecule has 0 aliphatic heterocycles. The summed E-state index contributed by atoms with van der Waals surface area (Å²) in [7, 11) is 0. The summed E-state index contributed by atoms with van der Waals surface area (Å²) in [6, 6.07) is 0. The molecule has 1 aromatic heterocycles. The molecule has 2 rings (SSSR count). The van der Waals surface area contributed by atoms with Gasteiger partial charge in [0.1, 0.15) is 5.82 Å². The Balaban J connectivity index is 1.53. The molecule has 0 radical (unpaired) electrons. The lowest BCUT2D eigenvalue weighted by Crippen LogP contribution is -2.26. The number of amides is 1. The largest absolute Gasteiger partial charge is 0.356 e. The van der Waals surface area contributed by atoms with E-state index < -0.39 is 0 Å². The predicted molar refractivity (Wildman–Crippen MR) is 71.0 cm³/mol. The molecular formula is C14H23N3O. The molecule has 0 bridgehead atoms. The van der Waals surface area contributed by atoms with Crippen molar-refractivity contribution in [2.45, 2.75) is 45.4 Å². The molecule has 2 N–H and O–H groups in total. The number of unbranched alkanes of at least 4 members (excludes halogenated alkanes) is 1. The van der Waals surface area contributed by atoms with Crippen LogP contribution in [0.2, 0.25) is 0 Å². The molecule has 1 fully saturated rings. The molecule has 0 unspecified atom stereocenters. The third-order valence-electron chi connectivity index (χ3n) is 3.63. The van der Waals surface area contributed by atoms with Crippen LogP contribution in [0.3, 0.4) is 0 Å². The topological polar surface area (TPSA) is 57.8 Å². The number of H-pyrrole nitrogens is 1. The first-order chi connectivity index (χ1) is 8.81. The van der Waals surface area contributed by atoms with Gasteiger partial charge in [-0.25, -0.2) is 4.98 Å². The molecule has 100 valence electrons. The number of nitrogens with one attached hydrogen (secondary N) is 2. The van der Waals surface area contributed by atoms with Gasteiger partial charge in [0.25, 0.3) is 0 Å². The molecule has 1 saturated carbocycles. The Morgan fingerprint density at radius 2 is 2.44 bits per heavy atom. The summed E-state index contributed by atoms with van der Waals surface area (Å²) >= 11 is 0. The minimum absolute atomic E-state index is 0.260. The minimum atomic E-state index is 0.260. The van der Waals surface area contributed by atoms with Crippen molar-refractivity contribution in [3.05, 3.63) is 18.2 Å². The van der Waals surface area contributed by atoms with E-state index in [0.29, 0.717) is 11.8 Å². The molecular weight excluding hydrogens is 226 g/mol. The molecule has 0 spiro atoms. The molecule has 1 aliphatic rings. The Bertz CT molecular complexity index is 361. The Labute approximate surface area is 109 Å². The number of rotatable bonds is 8. The molecule has 0 aromatic carbocycles. The second-order valence-electron chi connectivity index (χ2n) is 5.17. The highest BCUT2D eigenvalue weighted by molar-refractivity contribution is 5.81. The molecule has 1 aliphatic carbocycles. The van der Waals surface area contributed by atoms with E-state index in [1.807, 2.05) is 6.20 Å². The third kappa shape index (κ3) is 3.86. The van der Waals surface area contributed by atoms with Crippen molar-refractivity contribution in [2.75, 3.05) is 6.54 Å². The first-order valence-corrected chi connectivity index (χ1v) is 7.07. The summed E-state index contributed by atoms with van der Waals surface area (Å²) in [5.41, 5.74) is 0. The number of carbonyl (C=O) groups excluding carboxylic acids is 1. The molecule has 2 atom stereocenters. The Morgan fingerprint density at radius 1 is 1.56 bits per heavy atom. The number of hydrogen-bond acceptors (Lipinski definition) is 2. The summed E-state index contributed by atoms with van der Waals surface area (Å²) in [6.07, 6.45) is 10.3. The van der Waals surface area contributed by atoms with Gasteiger partial charge in [0.2, 0.25) is 5.91 Å². The second-order valence-corrected chi connectivity index (χ2v) is 5.17. The Morgan fingerprint density at radius 3 is 3.17 bits per heavy atom. The van der Waals surface area contributed by atoms with Crippen molar-refractivity contribution >= 4 is 5.91 Å². The lowest BCUT2D eigenvalue weighted by molar-refractivity contribution is -0.122. The minimum Gasteiger partial charge on any atom is -0.356 e. The molecule has 4 heteroatoms. The number of hydrogen-bond donors (Lipinski definition) is 2. The van der Waals surface area contributed by atoms with Crippen LogP contribution in [0.25, 0.3) is 0 Å². The van der Waals surface area contributed by atoms with Gasteiger partial charge in [0, 0.05) is 31.3 Å². The van der Waals surface area contributed by atoms with Crippen LogP contribution < -0.4 is 5.32 Å². The van der Waals surface area contributed by atoms with E-state index in [1.54, 1.807) is 6.20 Å². The van der Waals surface area contributed by atoms with Crippen LogP contribution in [-0.2, 0) is 11.2 Å². The van der Waals surface area contributed by atoms with Crippen molar-refractivity contribution in [2.24, 2.45) is 11.8 Å². The average molecular weight is 249 g/mol. The molecule has 0 saturated heterocycles. The number of aryl methyl sites for hydroxylation is 1. The third-order valence-corrected chi connectivity index (χ3v) is 3.63. The van der Waals surface area contributed by atoms with Crippen molar-refractivity contribution in [1.82, 2.24) is 15.3 Å². The highest BCUT2D eigenvalue weighted by atomic mass is 16.2. The zero-order valence-electron chi connectivity index (χ0n) is 11.1. The van der Waals surface area contributed by atoms with E-state index in [2.05, 4.69) is 22.2 Å². The summed E-state index contributed by atoms with van der Waals surface area (Å²) < 4.78 is 0. The maximum atomic E-state index is 11.8. The normalized spacial score (nSPS) is 21.8. The van der Waals surface area contributed by atoms with E-state index in [0.717, 1.165) is 31.6 Å². The van der Waals surface area contributed by atoms with E-state index >= 15 is 0 Å². The number of imidazole rings is 1. The number of aromatic amines is 1. The first-order valence-electron chi connectivity index (χ1n) is 7.07. The highest BCUT2D eigenvalue weighted by Crippen LogP contribution is 2.42.